The number of benzene rings is 1. The SMILES string of the molecule is COc1ccc(C(=N)N)c(OC2CCCCC2)c1. The second-order valence-corrected chi connectivity index (χ2v) is 4.65. The molecule has 4 nitrogen and oxygen atoms in total. The van der Waals surface area contributed by atoms with E-state index < -0.39 is 0 Å². The number of rotatable bonds is 4. The van der Waals surface area contributed by atoms with Gasteiger partial charge in [-0.15, -0.1) is 0 Å². The molecule has 0 atom stereocenters. The van der Waals surface area contributed by atoms with Crippen LogP contribution in [0.1, 0.15) is 37.7 Å². The van der Waals surface area contributed by atoms with Crippen molar-refractivity contribution in [2.24, 2.45) is 5.73 Å². The number of nitrogen functional groups attached to an aromatic ring is 1. The molecule has 0 radical (unpaired) electrons. The summed E-state index contributed by atoms with van der Waals surface area (Å²) in [7, 11) is 1.62. The highest BCUT2D eigenvalue weighted by molar-refractivity contribution is 5.97. The van der Waals surface area contributed by atoms with Crippen molar-refractivity contribution in [3.05, 3.63) is 23.8 Å². The molecular weight excluding hydrogens is 228 g/mol. The molecule has 4 heteroatoms. The van der Waals surface area contributed by atoms with Crippen LogP contribution in [0.15, 0.2) is 18.2 Å². The minimum Gasteiger partial charge on any atom is -0.497 e. The lowest BCUT2D eigenvalue weighted by Crippen LogP contribution is -2.22. The molecule has 3 N–H and O–H groups in total. The van der Waals surface area contributed by atoms with E-state index in [1.165, 1.54) is 19.3 Å². The van der Waals surface area contributed by atoms with Crippen molar-refractivity contribution in [1.29, 1.82) is 5.41 Å². The van der Waals surface area contributed by atoms with E-state index in [0.717, 1.165) is 18.6 Å². The van der Waals surface area contributed by atoms with Gasteiger partial charge in [-0.25, -0.2) is 0 Å². The van der Waals surface area contributed by atoms with Crippen LogP contribution >= 0.6 is 0 Å². The molecule has 0 saturated heterocycles. The largest absolute Gasteiger partial charge is 0.497 e. The smallest absolute Gasteiger partial charge is 0.134 e. The van der Waals surface area contributed by atoms with Crippen molar-refractivity contribution in [2.75, 3.05) is 7.11 Å². The molecule has 18 heavy (non-hydrogen) atoms. The highest BCUT2D eigenvalue weighted by Crippen LogP contribution is 2.29. The number of ether oxygens (including phenoxy) is 2. The zero-order chi connectivity index (χ0) is 13.0. The van der Waals surface area contributed by atoms with Gasteiger partial charge in [0.15, 0.2) is 0 Å². The molecule has 0 spiro atoms. The second-order valence-electron chi connectivity index (χ2n) is 4.65. The average molecular weight is 248 g/mol. The van der Waals surface area contributed by atoms with E-state index in [9.17, 15) is 0 Å². The molecule has 1 aromatic carbocycles. The second kappa shape index (κ2) is 5.76. The van der Waals surface area contributed by atoms with Gasteiger partial charge in [0.25, 0.3) is 0 Å². The van der Waals surface area contributed by atoms with Gasteiger partial charge in [-0.1, -0.05) is 6.42 Å². The van der Waals surface area contributed by atoms with Crippen LogP contribution in [0.5, 0.6) is 11.5 Å². The van der Waals surface area contributed by atoms with Gasteiger partial charge in [0.1, 0.15) is 17.3 Å². The first-order valence-corrected chi connectivity index (χ1v) is 6.40. The van der Waals surface area contributed by atoms with E-state index in [2.05, 4.69) is 0 Å². The molecule has 0 aromatic heterocycles. The molecule has 0 heterocycles. The molecule has 0 amide bonds. The Hall–Kier alpha value is -1.71. The predicted octanol–water partition coefficient (Wildman–Crippen LogP) is 2.69. The maximum atomic E-state index is 7.58. The topological polar surface area (TPSA) is 68.3 Å². The molecule has 2 rings (SSSR count). The number of hydrogen-bond acceptors (Lipinski definition) is 3. The van der Waals surface area contributed by atoms with Crippen molar-refractivity contribution < 1.29 is 9.47 Å². The Morgan fingerprint density at radius 2 is 2.00 bits per heavy atom. The third-order valence-electron chi connectivity index (χ3n) is 3.32. The number of hydrogen-bond donors (Lipinski definition) is 2. The molecule has 1 fully saturated rings. The standard InChI is InChI=1S/C14H20N2O2/c1-17-11-7-8-12(14(15)16)13(9-11)18-10-5-3-2-4-6-10/h7-10H,2-6H2,1H3,(H3,15,16). The van der Waals surface area contributed by atoms with Gasteiger partial charge in [-0.3, -0.25) is 5.41 Å². The highest BCUT2D eigenvalue weighted by Gasteiger charge is 2.17. The van der Waals surface area contributed by atoms with Crippen molar-refractivity contribution in [3.8, 4) is 11.5 Å². The minimum absolute atomic E-state index is 0.0310. The van der Waals surface area contributed by atoms with Crippen molar-refractivity contribution >= 4 is 5.84 Å². The van der Waals surface area contributed by atoms with E-state index in [-0.39, 0.29) is 11.9 Å². The lowest BCUT2D eigenvalue weighted by Gasteiger charge is -2.24. The number of nitrogens with one attached hydrogen (secondary N) is 1. The quantitative estimate of drug-likeness (QED) is 0.636. The summed E-state index contributed by atoms with van der Waals surface area (Å²) in [4.78, 5) is 0. The van der Waals surface area contributed by atoms with Crippen LogP contribution in [0.25, 0.3) is 0 Å². The van der Waals surface area contributed by atoms with Crippen LogP contribution in [-0.4, -0.2) is 19.0 Å². The summed E-state index contributed by atoms with van der Waals surface area (Å²) in [6.07, 6.45) is 6.11. The Bertz CT molecular complexity index is 426. The van der Waals surface area contributed by atoms with Gasteiger partial charge in [0.2, 0.25) is 0 Å². The van der Waals surface area contributed by atoms with Crippen LogP contribution in [0.4, 0.5) is 0 Å². The summed E-state index contributed by atoms with van der Waals surface area (Å²) in [5, 5.41) is 7.58. The molecule has 0 aliphatic heterocycles. The van der Waals surface area contributed by atoms with Gasteiger partial charge in [-0.2, -0.15) is 0 Å². The molecule has 1 saturated carbocycles. The van der Waals surface area contributed by atoms with Crippen molar-refractivity contribution in [1.82, 2.24) is 0 Å². The van der Waals surface area contributed by atoms with Gasteiger partial charge in [0.05, 0.1) is 18.8 Å². The van der Waals surface area contributed by atoms with Crippen LogP contribution in [-0.2, 0) is 0 Å². The fraction of sp³-hybridized carbons (Fsp3) is 0.500. The Labute approximate surface area is 108 Å². The van der Waals surface area contributed by atoms with E-state index in [1.54, 1.807) is 19.2 Å². The van der Waals surface area contributed by atoms with E-state index in [4.69, 9.17) is 20.6 Å². The number of nitrogens with two attached hydrogens (primary N) is 1. The Kier molecular flexibility index (Phi) is 4.07. The van der Waals surface area contributed by atoms with Crippen LogP contribution in [0.3, 0.4) is 0 Å². The predicted molar refractivity (Wildman–Crippen MR) is 71.5 cm³/mol. The zero-order valence-electron chi connectivity index (χ0n) is 10.7. The number of amidine groups is 1. The fourth-order valence-electron chi connectivity index (χ4n) is 2.31. The lowest BCUT2D eigenvalue weighted by molar-refractivity contribution is 0.154. The van der Waals surface area contributed by atoms with Crippen molar-refractivity contribution in [2.45, 2.75) is 38.2 Å². The van der Waals surface area contributed by atoms with Crippen LogP contribution in [0.2, 0.25) is 0 Å². The molecule has 0 bridgehead atoms. The fourth-order valence-corrected chi connectivity index (χ4v) is 2.31. The Morgan fingerprint density at radius 1 is 1.28 bits per heavy atom. The van der Waals surface area contributed by atoms with Gasteiger partial charge >= 0.3 is 0 Å². The summed E-state index contributed by atoms with van der Waals surface area (Å²) in [5.74, 6) is 1.42. The normalized spacial score (nSPS) is 16.3. The Balaban J connectivity index is 2.19. The maximum Gasteiger partial charge on any atom is 0.134 e. The molecule has 1 aromatic rings. The summed E-state index contributed by atoms with van der Waals surface area (Å²) in [6, 6.07) is 5.38. The van der Waals surface area contributed by atoms with Crippen molar-refractivity contribution in [3.63, 3.8) is 0 Å². The number of methoxy groups -OCH3 is 1. The monoisotopic (exact) mass is 248 g/mol. The summed E-state index contributed by atoms with van der Waals surface area (Å²) >= 11 is 0. The average Bonchev–Trinajstić information content (AvgIpc) is 2.39. The zero-order valence-corrected chi connectivity index (χ0v) is 10.7. The highest BCUT2D eigenvalue weighted by atomic mass is 16.5. The maximum absolute atomic E-state index is 7.58. The molecule has 98 valence electrons. The van der Waals surface area contributed by atoms with Gasteiger partial charge in [-0.05, 0) is 37.8 Å². The first-order chi connectivity index (χ1) is 8.70. The molecular formula is C14H20N2O2. The molecule has 0 unspecified atom stereocenters. The summed E-state index contributed by atoms with van der Waals surface area (Å²) in [5.41, 5.74) is 6.21. The first kappa shape index (κ1) is 12.7. The summed E-state index contributed by atoms with van der Waals surface area (Å²) < 4.78 is 11.2. The summed E-state index contributed by atoms with van der Waals surface area (Å²) in [6.45, 7) is 0. The minimum atomic E-state index is 0.0310. The first-order valence-electron chi connectivity index (χ1n) is 6.40. The van der Waals surface area contributed by atoms with E-state index in [1.807, 2.05) is 6.07 Å². The Morgan fingerprint density at radius 3 is 2.61 bits per heavy atom. The van der Waals surface area contributed by atoms with Crippen LogP contribution < -0.4 is 15.2 Å². The third kappa shape index (κ3) is 2.94. The lowest BCUT2D eigenvalue weighted by atomic mass is 9.97. The van der Waals surface area contributed by atoms with E-state index in [0.29, 0.717) is 11.3 Å². The molecule has 1 aliphatic carbocycles. The van der Waals surface area contributed by atoms with Gasteiger partial charge in [0, 0.05) is 6.07 Å². The molecule has 1 aliphatic rings. The van der Waals surface area contributed by atoms with E-state index >= 15 is 0 Å². The van der Waals surface area contributed by atoms with Gasteiger partial charge < -0.3 is 15.2 Å². The van der Waals surface area contributed by atoms with Crippen LogP contribution in [0, 0.1) is 5.41 Å². The third-order valence-corrected chi connectivity index (χ3v) is 3.32.